The van der Waals surface area contributed by atoms with E-state index in [1.807, 2.05) is 37.1 Å². The number of likely N-dealkylation sites (N-methyl/N-ethyl adjacent to an activating group) is 1. The summed E-state index contributed by atoms with van der Waals surface area (Å²) < 4.78 is 0. The van der Waals surface area contributed by atoms with E-state index in [2.05, 4.69) is 14.9 Å². The molecule has 0 saturated carbocycles. The van der Waals surface area contributed by atoms with E-state index < -0.39 is 0 Å². The van der Waals surface area contributed by atoms with E-state index in [-0.39, 0.29) is 5.91 Å². The van der Waals surface area contributed by atoms with E-state index in [0.29, 0.717) is 53.5 Å². The first-order chi connectivity index (χ1) is 13.4. The number of carbonyl (C=O) groups is 1. The van der Waals surface area contributed by atoms with Gasteiger partial charge in [-0.25, -0.2) is 9.98 Å². The quantitative estimate of drug-likeness (QED) is 0.595. The third-order valence-corrected chi connectivity index (χ3v) is 5.25. The number of hydrogen-bond acceptors (Lipinski definition) is 4. The Bertz CT molecular complexity index is 896. The Labute approximate surface area is 179 Å². The minimum Gasteiger partial charge on any atom is -0.361 e. The van der Waals surface area contributed by atoms with E-state index in [9.17, 15) is 4.79 Å². The first kappa shape index (κ1) is 20.9. The summed E-state index contributed by atoms with van der Waals surface area (Å²) in [6.07, 6.45) is 1.15. The van der Waals surface area contributed by atoms with Gasteiger partial charge in [-0.15, -0.1) is 0 Å². The summed E-state index contributed by atoms with van der Waals surface area (Å²) in [5.74, 6) is 1.67. The molecule has 1 aromatic carbocycles. The highest BCUT2D eigenvalue weighted by Gasteiger charge is 2.20. The van der Waals surface area contributed by atoms with Crippen LogP contribution in [0.25, 0.3) is 0 Å². The number of hydrogen-bond donors (Lipinski definition) is 0. The van der Waals surface area contributed by atoms with Crippen LogP contribution in [0, 0.1) is 0 Å². The van der Waals surface area contributed by atoms with Crippen molar-refractivity contribution in [1.82, 2.24) is 14.8 Å². The normalized spacial score (nSPS) is 12.5. The summed E-state index contributed by atoms with van der Waals surface area (Å²) in [5.41, 5.74) is 1.97. The van der Waals surface area contributed by atoms with Crippen LogP contribution in [0.4, 0.5) is 5.82 Å². The van der Waals surface area contributed by atoms with Crippen molar-refractivity contribution < 1.29 is 4.79 Å². The standard InChI is InChI=1S/C20H21Cl3N4O/c1-3-19(28)27(12-13-8-15(21)11-16(22)9-13)7-6-26(2)18-10-14-4-5-17(23)24-20(14)25-18/h4-5,8-9,11H,3,6-7,10,12H2,1-2H3. The Kier molecular flexibility index (Phi) is 6.81. The van der Waals surface area contributed by atoms with Crippen molar-refractivity contribution in [2.45, 2.75) is 26.3 Å². The molecule has 2 heterocycles. The van der Waals surface area contributed by atoms with E-state index in [4.69, 9.17) is 34.8 Å². The number of aliphatic imine (C=N–C) groups is 1. The van der Waals surface area contributed by atoms with Gasteiger partial charge in [0.05, 0.1) is 0 Å². The maximum Gasteiger partial charge on any atom is 0.222 e. The first-order valence-corrected chi connectivity index (χ1v) is 10.2. The third kappa shape index (κ3) is 5.16. The molecule has 1 aliphatic rings. The van der Waals surface area contributed by atoms with E-state index in [1.165, 1.54) is 0 Å². The Morgan fingerprint density at radius 2 is 1.82 bits per heavy atom. The molecule has 28 heavy (non-hydrogen) atoms. The lowest BCUT2D eigenvalue weighted by Gasteiger charge is -2.26. The van der Waals surface area contributed by atoms with Crippen molar-refractivity contribution in [3.8, 4) is 0 Å². The number of carbonyl (C=O) groups excluding carboxylic acids is 1. The van der Waals surface area contributed by atoms with Gasteiger partial charge in [0, 0.05) is 55.1 Å². The summed E-state index contributed by atoms with van der Waals surface area (Å²) in [6.45, 7) is 3.54. The van der Waals surface area contributed by atoms with Gasteiger partial charge in [0.1, 0.15) is 11.0 Å². The van der Waals surface area contributed by atoms with E-state index in [0.717, 1.165) is 17.0 Å². The van der Waals surface area contributed by atoms with Gasteiger partial charge in [-0.1, -0.05) is 47.8 Å². The van der Waals surface area contributed by atoms with Crippen LogP contribution in [-0.2, 0) is 17.8 Å². The SMILES string of the molecule is CCC(=O)N(CCN(C)C1=Nc2nc(Cl)ccc2C1)Cc1cc(Cl)cc(Cl)c1. The molecule has 0 spiro atoms. The molecule has 0 aliphatic carbocycles. The lowest BCUT2D eigenvalue weighted by atomic mass is 10.2. The zero-order valence-electron chi connectivity index (χ0n) is 15.8. The second-order valence-corrected chi connectivity index (χ2v) is 7.95. The van der Waals surface area contributed by atoms with Gasteiger partial charge in [0.15, 0.2) is 5.82 Å². The predicted octanol–water partition coefficient (Wildman–Crippen LogP) is 5.00. The monoisotopic (exact) mass is 438 g/mol. The maximum atomic E-state index is 12.4. The van der Waals surface area contributed by atoms with Crippen LogP contribution in [0.2, 0.25) is 15.2 Å². The Morgan fingerprint density at radius 3 is 2.50 bits per heavy atom. The van der Waals surface area contributed by atoms with Crippen molar-refractivity contribution in [3.05, 3.63) is 56.7 Å². The molecule has 0 atom stereocenters. The smallest absolute Gasteiger partial charge is 0.222 e. The molecule has 3 rings (SSSR count). The van der Waals surface area contributed by atoms with Gasteiger partial charge in [-0.05, 0) is 29.8 Å². The molecule has 0 bridgehead atoms. The summed E-state index contributed by atoms with van der Waals surface area (Å²) in [4.78, 5) is 25.1. The Hall–Kier alpha value is -1.82. The minimum atomic E-state index is 0.0783. The number of amides is 1. The molecular weight excluding hydrogens is 419 g/mol. The number of aromatic nitrogens is 1. The number of pyridine rings is 1. The molecule has 1 amide bonds. The fourth-order valence-corrected chi connectivity index (χ4v) is 3.79. The highest BCUT2D eigenvalue weighted by molar-refractivity contribution is 6.34. The number of rotatable bonds is 6. The first-order valence-electron chi connectivity index (χ1n) is 9.02. The summed E-state index contributed by atoms with van der Waals surface area (Å²) in [5, 5.41) is 1.56. The van der Waals surface area contributed by atoms with Crippen LogP contribution in [0.5, 0.6) is 0 Å². The number of nitrogens with zero attached hydrogens (tertiary/aromatic N) is 4. The van der Waals surface area contributed by atoms with Gasteiger partial charge < -0.3 is 9.80 Å². The fourth-order valence-electron chi connectivity index (χ4n) is 3.08. The van der Waals surface area contributed by atoms with Crippen LogP contribution < -0.4 is 0 Å². The van der Waals surface area contributed by atoms with E-state index >= 15 is 0 Å². The molecule has 148 valence electrons. The predicted molar refractivity (Wildman–Crippen MR) is 115 cm³/mol. The van der Waals surface area contributed by atoms with Gasteiger partial charge in [-0.2, -0.15) is 0 Å². The van der Waals surface area contributed by atoms with Crippen LogP contribution in [0.15, 0.2) is 35.3 Å². The fraction of sp³-hybridized carbons (Fsp3) is 0.350. The molecule has 5 nitrogen and oxygen atoms in total. The van der Waals surface area contributed by atoms with Crippen molar-refractivity contribution in [2.75, 3.05) is 20.1 Å². The second-order valence-electron chi connectivity index (χ2n) is 6.69. The molecule has 8 heteroatoms. The zero-order valence-corrected chi connectivity index (χ0v) is 18.0. The van der Waals surface area contributed by atoms with Crippen molar-refractivity contribution in [3.63, 3.8) is 0 Å². The van der Waals surface area contributed by atoms with Crippen LogP contribution >= 0.6 is 34.8 Å². The lowest BCUT2D eigenvalue weighted by Crippen LogP contribution is -2.39. The zero-order chi connectivity index (χ0) is 20.3. The molecule has 0 saturated heterocycles. The minimum absolute atomic E-state index is 0.0783. The van der Waals surface area contributed by atoms with Crippen molar-refractivity contribution in [2.24, 2.45) is 4.99 Å². The largest absolute Gasteiger partial charge is 0.361 e. The lowest BCUT2D eigenvalue weighted by molar-refractivity contribution is -0.131. The topological polar surface area (TPSA) is 48.8 Å². The van der Waals surface area contributed by atoms with Crippen LogP contribution in [-0.4, -0.2) is 46.7 Å². The highest BCUT2D eigenvalue weighted by atomic mass is 35.5. The van der Waals surface area contributed by atoms with Crippen molar-refractivity contribution in [1.29, 1.82) is 0 Å². The Balaban J connectivity index is 1.65. The molecular formula is C20H21Cl3N4O. The molecule has 0 fully saturated rings. The van der Waals surface area contributed by atoms with Gasteiger partial charge >= 0.3 is 0 Å². The Morgan fingerprint density at radius 1 is 1.11 bits per heavy atom. The summed E-state index contributed by atoms with van der Waals surface area (Å²) in [6, 6.07) is 9.07. The average molecular weight is 440 g/mol. The molecule has 0 radical (unpaired) electrons. The van der Waals surface area contributed by atoms with Crippen LogP contribution in [0.1, 0.15) is 24.5 Å². The summed E-state index contributed by atoms with van der Waals surface area (Å²) >= 11 is 18.1. The van der Waals surface area contributed by atoms with Gasteiger partial charge in [0.2, 0.25) is 5.91 Å². The van der Waals surface area contributed by atoms with Gasteiger partial charge in [0.25, 0.3) is 0 Å². The number of benzene rings is 1. The van der Waals surface area contributed by atoms with E-state index in [1.54, 1.807) is 12.1 Å². The molecule has 0 unspecified atom stereocenters. The molecule has 2 aromatic rings. The number of amidine groups is 1. The summed E-state index contributed by atoms with van der Waals surface area (Å²) in [7, 11) is 1.97. The van der Waals surface area contributed by atoms with Gasteiger partial charge in [-0.3, -0.25) is 4.79 Å². The number of fused-ring (bicyclic) bond motifs is 1. The molecule has 0 N–H and O–H groups in total. The van der Waals surface area contributed by atoms with Crippen LogP contribution in [0.3, 0.4) is 0 Å². The maximum absolute atomic E-state index is 12.4. The molecule has 1 aromatic heterocycles. The third-order valence-electron chi connectivity index (χ3n) is 4.60. The average Bonchev–Trinajstić information content (AvgIpc) is 3.06. The van der Waals surface area contributed by atoms with Crippen molar-refractivity contribution >= 4 is 52.4 Å². The highest BCUT2D eigenvalue weighted by Crippen LogP contribution is 2.27. The number of halogens is 3. The second kappa shape index (κ2) is 9.12. The molecule has 1 aliphatic heterocycles.